The van der Waals surface area contributed by atoms with Crippen molar-refractivity contribution in [3.63, 3.8) is 0 Å². The highest BCUT2D eigenvalue weighted by atomic mass is 19.1. The predicted octanol–water partition coefficient (Wildman–Crippen LogP) is 2.48. The number of aryl methyl sites for hydroxylation is 1. The van der Waals surface area contributed by atoms with Crippen LogP contribution in [0.4, 0.5) is 10.1 Å². The van der Waals surface area contributed by atoms with Crippen LogP contribution < -0.4 is 21.5 Å². The van der Waals surface area contributed by atoms with Crippen LogP contribution in [0.1, 0.15) is 42.4 Å². The van der Waals surface area contributed by atoms with E-state index in [1.54, 1.807) is 42.5 Å². The molecule has 13 heteroatoms. The molecule has 39 heavy (non-hydrogen) atoms. The molecule has 0 aliphatic heterocycles. The Morgan fingerprint density at radius 3 is 2.56 bits per heavy atom. The van der Waals surface area contributed by atoms with E-state index in [-0.39, 0.29) is 42.1 Å². The number of aromatic nitrogens is 5. The Balaban J connectivity index is 1.78. The minimum atomic E-state index is -0.979. The molecule has 0 fully saturated rings. The number of hydrogen-bond donors (Lipinski definition) is 4. The second kappa shape index (κ2) is 12.0. The summed E-state index contributed by atoms with van der Waals surface area (Å²) in [6, 6.07) is 10.5. The normalized spacial score (nSPS) is 11.6. The summed E-state index contributed by atoms with van der Waals surface area (Å²) in [7, 11) is 0. The summed E-state index contributed by atoms with van der Waals surface area (Å²) in [4.78, 5) is 34.7. The fourth-order valence-corrected chi connectivity index (χ4v) is 3.75. The summed E-state index contributed by atoms with van der Waals surface area (Å²) < 4.78 is 27.4. The van der Waals surface area contributed by atoms with Crippen molar-refractivity contribution in [1.82, 2.24) is 24.7 Å². The van der Waals surface area contributed by atoms with Gasteiger partial charge < -0.3 is 20.5 Å². The summed E-state index contributed by atoms with van der Waals surface area (Å²) >= 11 is 0. The summed E-state index contributed by atoms with van der Waals surface area (Å²) in [5, 5.41) is 15.2. The molecule has 0 unspecified atom stereocenters. The Hall–Kier alpha value is -5.07. The van der Waals surface area contributed by atoms with E-state index < -0.39 is 23.5 Å². The first-order valence-electron chi connectivity index (χ1n) is 12.0. The number of carbonyl (C=O) groups is 1. The lowest BCUT2D eigenvalue weighted by Gasteiger charge is -2.21. The second-order valence-corrected chi connectivity index (χ2v) is 8.38. The standard InChI is InChI=1S/C26H27FN8O4/c1-3-16-13-19(21(27)20(14-16)39-12-11-38-15(2)36)22(32-18-7-5-17(6-8-18)23(28)29)24-33-26(37)35(34-24)25-30-9-4-10-31-25/h4-10,13-14,22,32H,3,11-12H2,1-2H3,(H3,28,29)(H,33,34,37)/t22-/m0/s1. The minimum Gasteiger partial charge on any atom is -0.487 e. The lowest BCUT2D eigenvalue weighted by Crippen LogP contribution is -2.18. The van der Waals surface area contributed by atoms with Crippen LogP contribution in [0.5, 0.6) is 5.75 Å². The van der Waals surface area contributed by atoms with Crippen LogP contribution in [-0.2, 0) is 16.0 Å². The van der Waals surface area contributed by atoms with Gasteiger partial charge in [0.2, 0.25) is 0 Å². The zero-order valence-electron chi connectivity index (χ0n) is 21.3. The molecular weight excluding hydrogens is 507 g/mol. The van der Waals surface area contributed by atoms with E-state index in [1.807, 2.05) is 6.92 Å². The molecule has 202 valence electrons. The van der Waals surface area contributed by atoms with Gasteiger partial charge in [-0.3, -0.25) is 15.2 Å². The number of nitrogens with two attached hydrogens (primary N) is 1. The van der Waals surface area contributed by atoms with Crippen molar-refractivity contribution in [3.8, 4) is 11.7 Å². The fraction of sp³-hybridized carbons (Fsp3) is 0.231. The van der Waals surface area contributed by atoms with E-state index in [2.05, 4.69) is 25.4 Å². The summed E-state index contributed by atoms with van der Waals surface area (Å²) in [5.74, 6) is -1.14. The molecule has 0 aliphatic rings. The largest absolute Gasteiger partial charge is 0.487 e. The first-order chi connectivity index (χ1) is 18.8. The van der Waals surface area contributed by atoms with Crippen LogP contribution in [0.2, 0.25) is 0 Å². The number of nitrogen functional groups attached to an aromatic ring is 1. The molecule has 0 saturated heterocycles. The highest BCUT2D eigenvalue weighted by Gasteiger charge is 2.26. The number of amidine groups is 1. The van der Waals surface area contributed by atoms with Crippen molar-refractivity contribution in [2.45, 2.75) is 26.3 Å². The SMILES string of the molecule is CCc1cc(OCCOC(C)=O)c(F)c([C@H](Nc2ccc(C(=N)N)cc2)c2nn(-c3ncccn3)c(=O)[nH]2)c1. The zero-order chi connectivity index (χ0) is 27.9. The Kier molecular flexibility index (Phi) is 8.29. The number of benzene rings is 2. The topological polar surface area (TPSA) is 174 Å². The van der Waals surface area contributed by atoms with Crippen molar-refractivity contribution < 1.29 is 18.7 Å². The van der Waals surface area contributed by atoms with Crippen molar-refractivity contribution in [3.05, 3.63) is 93.7 Å². The number of carbonyl (C=O) groups excluding carboxylic acids is 1. The van der Waals surface area contributed by atoms with Crippen LogP contribution >= 0.6 is 0 Å². The van der Waals surface area contributed by atoms with Gasteiger partial charge in [0.05, 0.1) is 0 Å². The monoisotopic (exact) mass is 534 g/mol. The van der Waals surface area contributed by atoms with Gasteiger partial charge in [-0.25, -0.2) is 19.2 Å². The summed E-state index contributed by atoms with van der Waals surface area (Å²) in [5.41, 5.74) is 6.94. The molecule has 12 nitrogen and oxygen atoms in total. The van der Waals surface area contributed by atoms with Crippen molar-refractivity contribution in [2.75, 3.05) is 18.5 Å². The molecule has 2 aromatic heterocycles. The number of nitrogens with zero attached hydrogens (tertiary/aromatic N) is 4. The van der Waals surface area contributed by atoms with Crippen LogP contribution in [0.3, 0.4) is 0 Å². The third-order valence-corrected chi connectivity index (χ3v) is 5.65. The third kappa shape index (κ3) is 6.44. The molecule has 0 radical (unpaired) electrons. The number of esters is 1. The van der Waals surface area contributed by atoms with E-state index in [1.165, 1.54) is 19.3 Å². The number of H-pyrrole nitrogens is 1. The molecule has 2 heterocycles. The Morgan fingerprint density at radius 2 is 1.92 bits per heavy atom. The number of rotatable bonds is 11. The fourth-order valence-electron chi connectivity index (χ4n) is 3.75. The third-order valence-electron chi connectivity index (χ3n) is 5.65. The van der Waals surface area contributed by atoms with Crippen LogP contribution in [-0.4, -0.2) is 49.8 Å². The molecule has 5 N–H and O–H groups in total. The number of nitrogens with one attached hydrogen (secondary N) is 3. The maximum Gasteiger partial charge on any atom is 0.350 e. The number of anilines is 1. The molecular formula is C26H27FN8O4. The first-order valence-corrected chi connectivity index (χ1v) is 12.0. The van der Waals surface area contributed by atoms with Gasteiger partial charge in [-0.15, -0.1) is 9.78 Å². The van der Waals surface area contributed by atoms with Crippen LogP contribution in [0.25, 0.3) is 5.95 Å². The van der Waals surface area contributed by atoms with E-state index >= 15 is 4.39 Å². The van der Waals surface area contributed by atoms with Crippen molar-refractivity contribution >= 4 is 17.5 Å². The predicted molar refractivity (Wildman–Crippen MR) is 141 cm³/mol. The molecule has 0 saturated carbocycles. The maximum absolute atomic E-state index is 15.9. The van der Waals surface area contributed by atoms with E-state index in [0.717, 1.165) is 10.2 Å². The Bertz CT molecular complexity index is 1520. The molecule has 0 spiro atoms. The molecule has 4 aromatic rings. The Labute approximate surface area is 222 Å². The van der Waals surface area contributed by atoms with Crippen LogP contribution in [0, 0.1) is 11.2 Å². The zero-order valence-corrected chi connectivity index (χ0v) is 21.3. The molecule has 0 bridgehead atoms. The molecule has 0 aliphatic carbocycles. The average Bonchev–Trinajstić information content (AvgIpc) is 3.32. The number of aromatic amines is 1. The number of ether oxygens (including phenoxy) is 2. The summed E-state index contributed by atoms with van der Waals surface area (Å²) in [6.45, 7) is 3.09. The number of halogens is 1. The van der Waals surface area contributed by atoms with Gasteiger partial charge in [0.25, 0.3) is 5.95 Å². The van der Waals surface area contributed by atoms with Crippen molar-refractivity contribution in [1.29, 1.82) is 5.41 Å². The molecule has 4 rings (SSSR count). The maximum atomic E-state index is 15.9. The average molecular weight is 535 g/mol. The van der Waals surface area contributed by atoms with Gasteiger partial charge in [0.15, 0.2) is 17.4 Å². The van der Waals surface area contributed by atoms with Gasteiger partial charge in [-0.2, -0.15) is 0 Å². The van der Waals surface area contributed by atoms with Gasteiger partial charge in [0.1, 0.15) is 25.1 Å². The molecule has 0 amide bonds. The lowest BCUT2D eigenvalue weighted by molar-refractivity contribution is -0.141. The van der Waals surface area contributed by atoms with Gasteiger partial charge >= 0.3 is 11.7 Å². The minimum absolute atomic E-state index is 0.0385. The first kappa shape index (κ1) is 27.0. The smallest absolute Gasteiger partial charge is 0.350 e. The lowest BCUT2D eigenvalue weighted by atomic mass is 10.00. The van der Waals surface area contributed by atoms with E-state index in [9.17, 15) is 9.59 Å². The Morgan fingerprint density at radius 1 is 1.21 bits per heavy atom. The van der Waals surface area contributed by atoms with Crippen LogP contribution in [0.15, 0.2) is 59.7 Å². The highest BCUT2D eigenvalue weighted by Crippen LogP contribution is 2.32. The number of hydrogen-bond acceptors (Lipinski definition) is 9. The van der Waals surface area contributed by atoms with Gasteiger partial charge in [-0.1, -0.05) is 13.0 Å². The highest BCUT2D eigenvalue weighted by molar-refractivity contribution is 5.95. The second-order valence-electron chi connectivity index (χ2n) is 8.38. The molecule has 1 atom stereocenters. The van der Waals surface area contributed by atoms with Gasteiger partial charge in [0, 0.05) is 36.1 Å². The van der Waals surface area contributed by atoms with Gasteiger partial charge in [-0.05, 0) is 48.4 Å². The van der Waals surface area contributed by atoms with Crippen molar-refractivity contribution in [2.24, 2.45) is 5.73 Å². The molecule has 2 aromatic carbocycles. The van der Waals surface area contributed by atoms with E-state index in [0.29, 0.717) is 17.7 Å². The quantitative estimate of drug-likeness (QED) is 0.0975. The van der Waals surface area contributed by atoms with E-state index in [4.69, 9.17) is 20.6 Å². The summed E-state index contributed by atoms with van der Waals surface area (Å²) in [6.07, 6.45) is 3.51.